The highest BCUT2D eigenvalue weighted by molar-refractivity contribution is 7.88. The first-order valence-electron chi connectivity index (χ1n) is 10.6. The Kier molecular flexibility index (Phi) is 8.01. The molecule has 0 aromatic heterocycles. The Hall–Kier alpha value is -2.22. The van der Waals surface area contributed by atoms with E-state index in [0.29, 0.717) is 32.7 Å². The lowest BCUT2D eigenvalue weighted by Crippen LogP contribution is -3.15. The molecule has 2 aromatic rings. The van der Waals surface area contributed by atoms with Crippen LogP contribution in [-0.4, -0.2) is 57.4 Å². The summed E-state index contributed by atoms with van der Waals surface area (Å²) in [5.41, 5.74) is 2.08. The molecule has 1 heterocycles. The Morgan fingerprint density at radius 2 is 1.57 bits per heavy atom. The Morgan fingerprint density at radius 1 is 1.00 bits per heavy atom. The van der Waals surface area contributed by atoms with Gasteiger partial charge in [0.2, 0.25) is 10.0 Å². The zero-order valence-corrected chi connectivity index (χ0v) is 18.4. The minimum Gasteiger partial charge on any atom is -0.349 e. The zero-order chi connectivity index (χ0) is 21.4. The number of hydrogen-bond donors (Lipinski definition) is 2. The van der Waals surface area contributed by atoms with Crippen molar-refractivity contribution in [2.45, 2.75) is 31.6 Å². The average Bonchev–Trinajstić information content (AvgIpc) is 2.74. The summed E-state index contributed by atoms with van der Waals surface area (Å²) in [5, 5.41) is 3.08. The minimum atomic E-state index is -3.32. The number of sulfonamides is 1. The fraction of sp³-hybridized carbons (Fsp3) is 0.435. The average molecular weight is 431 g/mol. The predicted molar refractivity (Wildman–Crippen MR) is 119 cm³/mol. The lowest BCUT2D eigenvalue weighted by Gasteiger charge is -2.31. The lowest BCUT2D eigenvalue weighted by molar-refractivity contribution is -0.895. The quantitative estimate of drug-likeness (QED) is 0.620. The molecular weight excluding hydrogens is 398 g/mol. The first-order chi connectivity index (χ1) is 14.4. The molecule has 1 aliphatic rings. The van der Waals surface area contributed by atoms with E-state index in [2.05, 4.69) is 17.4 Å². The summed E-state index contributed by atoms with van der Waals surface area (Å²) in [6.45, 7) is 4.65. The van der Waals surface area contributed by atoms with Gasteiger partial charge in [0.25, 0.3) is 5.91 Å². The molecule has 1 saturated heterocycles. The van der Waals surface area contributed by atoms with Gasteiger partial charge >= 0.3 is 0 Å². The van der Waals surface area contributed by atoms with Gasteiger partial charge < -0.3 is 10.2 Å². The number of aryl methyl sites for hydroxylation is 1. The highest BCUT2D eigenvalue weighted by Gasteiger charge is 2.30. The largest absolute Gasteiger partial charge is 0.349 e. The Balaban J connectivity index is 1.39. The number of quaternary nitrogens is 1. The summed E-state index contributed by atoms with van der Waals surface area (Å²) in [6.07, 6.45) is 1.84. The third-order valence-corrected chi connectivity index (χ3v) is 7.39. The summed E-state index contributed by atoms with van der Waals surface area (Å²) >= 11 is 0. The van der Waals surface area contributed by atoms with Crippen LogP contribution < -0.4 is 10.2 Å². The van der Waals surface area contributed by atoms with Crippen molar-refractivity contribution in [3.63, 3.8) is 0 Å². The van der Waals surface area contributed by atoms with E-state index in [-0.39, 0.29) is 17.7 Å². The molecule has 1 fully saturated rings. The van der Waals surface area contributed by atoms with Gasteiger partial charge in [0.05, 0.1) is 31.9 Å². The van der Waals surface area contributed by atoms with E-state index in [0.717, 1.165) is 23.3 Å². The van der Waals surface area contributed by atoms with E-state index in [1.165, 1.54) is 5.56 Å². The number of piperazine rings is 1. The van der Waals surface area contributed by atoms with E-state index < -0.39 is 10.0 Å². The van der Waals surface area contributed by atoms with Crippen LogP contribution in [0.4, 0.5) is 0 Å². The van der Waals surface area contributed by atoms with Crippen LogP contribution in [0.1, 0.15) is 24.5 Å². The van der Waals surface area contributed by atoms with Crippen molar-refractivity contribution in [2.24, 2.45) is 0 Å². The molecule has 6 nitrogen and oxygen atoms in total. The Labute approximate surface area is 179 Å². The fourth-order valence-electron chi connectivity index (χ4n) is 3.79. The molecule has 0 spiro atoms. The van der Waals surface area contributed by atoms with Gasteiger partial charge in [-0.25, -0.2) is 8.42 Å². The summed E-state index contributed by atoms with van der Waals surface area (Å²) in [4.78, 5) is 13.5. The molecule has 1 amide bonds. The van der Waals surface area contributed by atoms with Crippen LogP contribution in [0.25, 0.3) is 0 Å². The van der Waals surface area contributed by atoms with Crippen LogP contribution in [0.5, 0.6) is 0 Å². The van der Waals surface area contributed by atoms with Gasteiger partial charge in [-0.2, -0.15) is 4.31 Å². The van der Waals surface area contributed by atoms with E-state index in [1.54, 1.807) is 4.31 Å². The monoisotopic (exact) mass is 430 g/mol. The standard InChI is InChI=1S/C23H31N3O3S/c1-20(12-13-21-8-4-2-5-9-21)24-23(27)18-25-14-16-26(17-15-25)30(28,29)19-22-10-6-3-7-11-22/h2-11,20H,12-19H2,1H3,(H,24,27)/p+1/t20-/m0/s1. The second-order valence-corrected chi connectivity index (χ2v) is 10.0. The smallest absolute Gasteiger partial charge is 0.275 e. The zero-order valence-electron chi connectivity index (χ0n) is 17.6. The normalized spacial score (nSPS) is 16.8. The molecule has 0 saturated carbocycles. The molecular formula is C23H32N3O3S+. The first kappa shape index (κ1) is 22.5. The molecule has 162 valence electrons. The molecule has 0 aliphatic carbocycles. The van der Waals surface area contributed by atoms with Crippen LogP contribution in [-0.2, 0) is 27.0 Å². The van der Waals surface area contributed by atoms with E-state index in [4.69, 9.17) is 0 Å². The molecule has 1 atom stereocenters. The van der Waals surface area contributed by atoms with Crippen molar-refractivity contribution in [2.75, 3.05) is 32.7 Å². The van der Waals surface area contributed by atoms with Crippen LogP contribution in [0.2, 0.25) is 0 Å². The molecule has 0 bridgehead atoms. The number of rotatable bonds is 9. The summed E-state index contributed by atoms with van der Waals surface area (Å²) in [7, 11) is -3.32. The number of carbonyl (C=O) groups excluding carboxylic acids is 1. The van der Waals surface area contributed by atoms with E-state index in [1.807, 2.05) is 55.5 Å². The van der Waals surface area contributed by atoms with E-state index >= 15 is 0 Å². The maximum absolute atomic E-state index is 12.7. The summed E-state index contributed by atoms with van der Waals surface area (Å²) in [6, 6.07) is 19.6. The number of nitrogens with one attached hydrogen (secondary N) is 2. The number of hydrogen-bond acceptors (Lipinski definition) is 3. The number of nitrogens with zero attached hydrogens (tertiary/aromatic N) is 1. The Morgan fingerprint density at radius 3 is 2.17 bits per heavy atom. The van der Waals surface area contributed by atoms with Gasteiger partial charge in [-0.15, -0.1) is 0 Å². The van der Waals surface area contributed by atoms with Crippen LogP contribution in [0, 0.1) is 0 Å². The molecule has 3 rings (SSSR count). The van der Waals surface area contributed by atoms with Gasteiger partial charge in [0.1, 0.15) is 0 Å². The first-order valence-corrected chi connectivity index (χ1v) is 12.2. The predicted octanol–water partition coefficient (Wildman–Crippen LogP) is 0.854. The van der Waals surface area contributed by atoms with Gasteiger partial charge in [-0.05, 0) is 30.9 Å². The van der Waals surface area contributed by atoms with Gasteiger partial charge in [0.15, 0.2) is 6.54 Å². The molecule has 2 N–H and O–H groups in total. The molecule has 7 heteroatoms. The molecule has 0 radical (unpaired) electrons. The molecule has 30 heavy (non-hydrogen) atoms. The van der Waals surface area contributed by atoms with Gasteiger partial charge in [0, 0.05) is 6.04 Å². The van der Waals surface area contributed by atoms with Crippen molar-refractivity contribution >= 4 is 15.9 Å². The van der Waals surface area contributed by atoms with Crippen molar-refractivity contribution in [3.8, 4) is 0 Å². The topological polar surface area (TPSA) is 70.9 Å². The molecule has 2 aromatic carbocycles. The van der Waals surface area contributed by atoms with Crippen LogP contribution in [0.3, 0.4) is 0 Å². The number of amides is 1. The number of carbonyl (C=O) groups is 1. The van der Waals surface area contributed by atoms with Crippen molar-refractivity contribution < 1.29 is 18.1 Å². The lowest BCUT2D eigenvalue weighted by atomic mass is 10.1. The summed E-state index contributed by atoms with van der Waals surface area (Å²) < 4.78 is 26.9. The third kappa shape index (κ3) is 6.93. The van der Waals surface area contributed by atoms with Gasteiger partial charge in [-0.3, -0.25) is 4.79 Å². The van der Waals surface area contributed by atoms with Crippen LogP contribution >= 0.6 is 0 Å². The SMILES string of the molecule is C[C@@H](CCc1ccccc1)NC(=O)C[NH+]1CCN(S(=O)(=O)Cc2ccccc2)CC1. The van der Waals surface area contributed by atoms with Crippen LogP contribution in [0.15, 0.2) is 60.7 Å². The van der Waals surface area contributed by atoms with Crippen molar-refractivity contribution in [1.29, 1.82) is 0 Å². The highest BCUT2D eigenvalue weighted by Crippen LogP contribution is 2.10. The fourth-order valence-corrected chi connectivity index (χ4v) is 5.32. The maximum atomic E-state index is 12.7. The second-order valence-electron chi connectivity index (χ2n) is 8.06. The molecule has 0 unspecified atom stereocenters. The van der Waals surface area contributed by atoms with E-state index in [9.17, 15) is 13.2 Å². The third-order valence-electron chi connectivity index (χ3n) is 5.54. The maximum Gasteiger partial charge on any atom is 0.275 e. The van der Waals surface area contributed by atoms with Crippen molar-refractivity contribution in [1.82, 2.24) is 9.62 Å². The van der Waals surface area contributed by atoms with Crippen molar-refractivity contribution in [3.05, 3.63) is 71.8 Å². The minimum absolute atomic E-state index is 0.0303. The highest BCUT2D eigenvalue weighted by atomic mass is 32.2. The Bertz CT molecular complexity index is 896. The van der Waals surface area contributed by atoms with Gasteiger partial charge in [-0.1, -0.05) is 60.7 Å². The summed E-state index contributed by atoms with van der Waals surface area (Å²) in [5.74, 6) is 0.0638. The number of benzene rings is 2. The molecule has 1 aliphatic heterocycles. The second kappa shape index (κ2) is 10.7.